The smallest absolute Gasteiger partial charge is 0.387 e. The van der Waals surface area contributed by atoms with E-state index in [1.54, 1.807) is 13.2 Å². The number of aryl methyl sites for hydroxylation is 1. The minimum atomic E-state index is -3.00. The molecule has 112 valence electrons. The highest BCUT2D eigenvalue weighted by Gasteiger charge is 2.15. The quantitative estimate of drug-likeness (QED) is 0.919. The van der Waals surface area contributed by atoms with Gasteiger partial charge in [0.25, 0.3) is 5.91 Å². The Morgan fingerprint density at radius 1 is 1.38 bits per heavy atom. The number of hydrogen-bond acceptors (Lipinski definition) is 4. The standard InChI is InChI=1S/C13H13F2N3O3/c1-18-7-9(6-16-18)17-12(19)8-3-4-10(20-2)11(5-8)21-13(14)15/h3-7,13H,1-2H3,(H,17,19). The lowest BCUT2D eigenvalue weighted by Gasteiger charge is -2.11. The van der Waals surface area contributed by atoms with Crippen molar-refractivity contribution in [2.45, 2.75) is 6.61 Å². The number of benzene rings is 1. The lowest BCUT2D eigenvalue weighted by Crippen LogP contribution is -2.12. The number of amides is 1. The summed E-state index contributed by atoms with van der Waals surface area (Å²) in [5.41, 5.74) is 0.657. The van der Waals surface area contributed by atoms with Crippen molar-refractivity contribution < 1.29 is 23.0 Å². The van der Waals surface area contributed by atoms with E-state index in [0.717, 1.165) is 0 Å². The number of nitrogens with one attached hydrogen (secondary N) is 1. The lowest BCUT2D eigenvalue weighted by molar-refractivity contribution is -0.0512. The third-order valence-electron chi connectivity index (χ3n) is 2.60. The third kappa shape index (κ3) is 3.68. The molecule has 8 heteroatoms. The van der Waals surface area contributed by atoms with Crippen molar-refractivity contribution in [1.82, 2.24) is 9.78 Å². The number of rotatable bonds is 5. The second-order valence-corrected chi connectivity index (χ2v) is 4.10. The predicted octanol–water partition coefficient (Wildman–Crippen LogP) is 2.28. The number of halogens is 2. The van der Waals surface area contributed by atoms with Crippen LogP contribution in [0.25, 0.3) is 0 Å². The molecular formula is C13H13F2N3O3. The summed E-state index contributed by atoms with van der Waals surface area (Å²) < 4.78 is 35.4. The van der Waals surface area contributed by atoms with Crippen LogP contribution in [0, 0.1) is 0 Å². The van der Waals surface area contributed by atoms with E-state index in [1.807, 2.05) is 0 Å². The fraction of sp³-hybridized carbons (Fsp3) is 0.231. The number of aromatic nitrogens is 2. The fourth-order valence-corrected chi connectivity index (χ4v) is 1.70. The fourth-order valence-electron chi connectivity index (χ4n) is 1.70. The average Bonchev–Trinajstić information content (AvgIpc) is 2.83. The molecular weight excluding hydrogens is 284 g/mol. The molecule has 21 heavy (non-hydrogen) atoms. The lowest BCUT2D eigenvalue weighted by atomic mass is 10.2. The van der Waals surface area contributed by atoms with Crippen LogP contribution in [0.1, 0.15) is 10.4 Å². The monoisotopic (exact) mass is 297 g/mol. The van der Waals surface area contributed by atoms with E-state index in [9.17, 15) is 13.6 Å². The molecule has 0 saturated carbocycles. The van der Waals surface area contributed by atoms with E-state index < -0.39 is 12.5 Å². The molecule has 0 saturated heterocycles. The second kappa shape index (κ2) is 6.21. The first-order chi connectivity index (χ1) is 9.99. The molecule has 1 amide bonds. The van der Waals surface area contributed by atoms with E-state index in [-0.39, 0.29) is 17.1 Å². The van der Waals surface area contributed by atoms with Crippen molar-refractivity contribution in [2.75, 3.05) is 12.4 Å². The summed E-state index contributed by atoms with van der Waals surface area (Å²) in [6, 6.07) is 4.02. The number of anilines is 1. The maximum atomic E-state index is 12.3. The number of methoxy groups -OCH3 is 1. The SMILES string of the molecule is COc1ccc(C(=O)Nc2cnn(C)c2)cc1OC(F)F. The van der Waals surface area contributed by atoms with Crippen molar-refractivity contribution in [1.29, 1.82) is 0 Å². The number of carbonyl (C=O) groups excluding carboxylic acids is 1. The molecule has 0 radical (unpaired) electrons. The van der Waals surface area contributed by atoms with Crippen LogP contribution in [0.4, 0.5) is 14.5 Å². The number of hydrogen-bond donors (Lipinski definition) is 1. The highest BCUT2D eigenvalue weighted by Crippen LogP contribution is 2.29. The van der Waals surface area contributed by atoms with Crippen LogP contribution in [0.5, 0.6) is 11.5 Å². The zero-order valence-electron chi connectivity index (χ0n) is 11.3. The van der Waals surface area contributed by atoms with E-state index in [2.05, 4.69) is 15.2 Å². The van der Waals surface area contributed by atoms with Gasteiger partial charge >= 0.3 is 6.61 Å². The van der Waals surface area contributed by atoms with E-state index in [1.165, 1.54) is 36.2 Å². The van der Waals surface area contributed by atoms with Crippen LogP contribution in [-0.4, -0.2) is 29.4 Å². The predicted molar refractivity (Wildman–Crippen MR) is 70.8 cm³/mol. The van der Waals surface area contributed by atoms with Crippen molar-refractivity contribution in [3.8, 4) is 11.5 Å². The molecule has 2 rings (SSSR count). The summed E-state index contributed by atoms with van der Waals surface area (Å²) in [5.74, 6) is -0.552. The van der Waals surface area contributed by atoms with Gasteiger partial charge in [-0.1, -0.05) is 0 Å². The molecule has 0 aliphatic heterocycles. The molecule has 0 spiro atoms. The van der Waals surface area contributed by atoms with Crippen LogP contribution in [0.2, 0.25) is 0 Å². The summed E-state index contributed by atoms with van der Waals surface area (Å²) in [6.07, 6.45) is 3.08. The van der Waals surface area contributed by atoms with Crippen LogP contribution in [-0.2, 0) is 7.05 Å². The molecule has 6 nitrogen and oxygen atoms in total. The van der Waals surface area contributed by atoms with E-state index >= 15 is 0 Å². The van der Waals surface area contributed by atoms with Crippen LogP contribution in [0.15, 0.2) is 30.6 Å². The maximum absolute atomic E-state index is 12.3. The molecule has 0 atom stereocenters. The largest absolute Gasteiger partial charge is 0.493 e. The Morgan fingerprint density at radius 3 is 2.71 bits per heavy atom. The van der Waals surface area contributed by atoms with Gasteiger partial charge in [0.15, 0.2) is 11.5 Å². The Bertz CT molecular complexity index is 643. The molecule has 0 fully saturated rings. The minimum Gasteiger partial charge on any atom is -0.493 e. The number of nitrogens with zero attached hydrogens (tertiary/aromatic N) is 2. The molecule has 1 aromatic carbocycles. The molecule has 0 aliphatic rings. The molecule has 1 N–H and O–H groups in total. The minimum absolute atomic E-state index is 0.119. The van der Waals surface area contributed by atoms with Gasteiger partial charge in [-0.15, -0.1) is 0 Å². The van der Waals surface area contributed by atoms with Crippen LogP contribution in [0.3, 0.4) is 0 Å². The highest BCUT2D eigenvalue weighted by molar-refractivity contribution is 6.04. The summed E-state index contributed by atoms with van der Waals surface area (Å²) >= 11 is 0. The van der Waals surface area contributed by atoms with Gasteiger partial charge in [-0.05, 0) is 18.2 Å². The Hall–Kier alpha value is -2.64. The molecule has 1 heterocycles. The number of alkyl halides is 2. The van der Waals surface area contributed by atoms with Crippen molar-refractivity contribution in [3.63, 3.8) is 0 Å². The van der Waals surface area contributed by atoms with E-state index in [4.69, 9.17) is 4.74 Å². The topological polar surface area (TPSA) is 65.4 Å². The van der Waals surface area contributed by atoms with Crippen molar-refractivity contribution >= 4 is 11.6 Å². The van der Waals surface area contributed by atoms with Crippen molar-refractivity contribution in [3.05, 3.63) is 36.2 Å². The first-order valence-electron chi connectivity index (χ1n) is 5.92. The Labute approximate surface area is 119 Å². The first-order valence-corrected chi connectivity index (χ1v) is 5.92. The zero-order valence-corrected chi connectivity index (χ0v) is 11.3. The van der Waals surface area contributed by atoms with Gasteiger partial charge in [-0.3, -0.25) is 9.48 Å². The van der Waals surface area contributed by atoms with Gasteiger partial charge in [0.1, 0.15) is 0 Å². The van der Waals surface area contributed by atoms with E-state index in [0.29, 0.717) is 5.69 Å². The summed E-state index contributed by atoms with van der Waals surface area (Å²) in [7, 11) is 3.03. The molecule has 0 bridgehead atoms. The van der Waals surface area contributed by atoms with Gasteiger partial charge < -0.3 is 14.8 Å². The van der Waals surface area contributed by atoms with Gasteiger partial charge in [0.2, 0.25) is 0 Å². The van der Waals surface area contributed by atoms with Crippen molar-refractivity contribution in [2.24, 2.45) is 7.05 Å². The van der Waals surface area contributed by atoms with Gasteiger partial charge in [0.05, 0.1) is 19.0 Å². The first kappa shape index (κ1) is 14.8. The number of ether oxygens (including phenoxy) is 2. The van der Waals surface area contributed by atoms with Crippen LogP contribution >= 0.6 is 0 Å². The van der Waals surface area contributed by atoms with Gasteiger partial charge in [-0.2, -0.15) is 13.9 Å². The van der Waals surface area contributed by atoms with Gasteiger partial charge in [-0.25, -0.2) is 0 Å². The zero-order chi connectivity index (χ0) is 15.4. The van der Waals surface area contributed by atoms with Crippen LogP contribution < -0.4 is 14.8 Å². The highest BCUT2D eigenvalue weighted by atomic mass is 19.3. The molecule has 1 aromatic heterocycles. The van der Waals surface area contributed by atoms with Gasteiger partial charge in [0, 0.05) is 18.8 Å². The molecule has 0 unspecified atom stereocenters. The maximum Gasteiger partial charge on any atom is 0.387 e. The summed E-state index contributed by atoms with van der Waals surface area (Å²) in [5, 5.41) is 6.50. The Morgan fingerprint density at radius 2 is 2.14 bits per heavy atom. The number of carbonyl (C=O) groups is 1. The third-order valence-corrected chi connectivity index (χ3v) is 2.60. The normalized spacial score (nSPS) is 10.5. The molecule has 2 aromatic rings. The Kier molecular flexibility index (Phi) is 4.36. The summed E-state index contributed by atoms with van der Waals surface area (Å²) in [4.78, 5) is 12.0. The molecule has 0 aliphatic carbocycles. The Balaban J connectivity index is 2.20. The second-order valence-electron chi connectivity index (χ2n) is 4.10. The average molecular weight is 297 g/mol. The summed E-state index contributed by atoms with van der Waals surface area (Å²) in [6.45, 7) is -3.00.